The third kappa shape index (κ3) is 66.1. The van der Waals surface area contributed by atoms with Crippen LogP contribution >= 0.6 is 0 Å². The van der Waals surface area contributed by atoms with E-state index < -0.39 is 6.10 Å². The van der Waals surface area contributed by atoms with E-state index in [0.29, 0.717) is 19.3 Å². The summed E-state index contributed by atoms with van der Waals surface area (Å²) >= 11 is 0. The minimum Gasteiger partial charge on any atom is -0.462 e. The summed E-state index contributed by atoms with van der Waals surface area (Å²) in [6.07, 6.45) is 85.8. The van der Waals surface area contributed by atoms with E-state index in [-0.39, 0.29) is 31.1 Å². The molecular formula is C73H134O6. The monoisotopic (exact) mass is 1110 g/mol. The summed E-state index contributed by atoms with van der Waals surface area (Å²) in [5.74, 6) is -0.850. The Morgan fingerprint density at radius 3 is 0.722 bits per heavy atom. The van der Waals surface area contributed by atoms with Gasteiger partial charge in [-0.25, -0.2) is 0 Å². The average molecular weight is 1110 g/mol. The number of unbranched alkanes of at least 4 members (excludes halogenated alkanes) is 46. The molecule has 462 valence electrons. The lowest BCUT2D eigenvalue weighted by molar-refractivity contribution is -0.167. The quantitative estimate of drug-likeness (QED) is 0.0261. The normalized spacial score (nSPS) is 12.3. The van der Waals surface area contributed by atoms with Gasteiger partial charge in [0.25, 0.3) is 0 Å². The molecule has 0 aliphatic carbocycles. The topological polar surface area (TPSA) is 78.9 Å². The number of allylic oxidation sites excluding steroid dienone is 8. The summed E-state index contributed by atoms with van der Waals surface area (Å²) < 4.78 is 16.9. The first-order valence-corrected chi connectivity index (χ1v) is 35.1. The van der Waals surface area contributed by atoms with Gasteiger partial charge < -0.3 is 14.2 Å². The number of carbonyl (C=O) groups is 3. The second-order valence-corrected chi connectivity index (χ2v) is 23.8. The van der Waals surface area contributed by atoms with E-state index in [9.17, 15) is 14.4 Å². The molecule has 0 aliphatic heterocycles. The average Bonchev–Trinajstić information content (AvgIpc) is 3.45. The summed E-state index contributed by atoms with van der Waals surface area (Å²) in [6, 6.07) is 0. The zero-order valence-corrected chi connectivity index (χ0v) is 53.2. The van der Waals surface area contributed by atoms with E-state index in [0.717, 1.165) is 70.6 Å². The van der Waals surface area contributed by atoms with Gasteiger partial charge in [-0.3, -0.25) is 14.4 Å². The van der Waals surface area contributed by atoms with Crippen molar-refractivity contribution >= 4 is 17.9 Å². The Morgan fingerprint density at radius 2 is 0.456 bits per heavy atom. The van der Waals surface area contributed by atoms with Crippen molar-refractivity contribution in [3.05, 3.63) is 48.6 Å². The van der Waals surface area contributed by atoms with Gasteiger partial charge >= 0.3 is 17.9 Å². The zero-order chi connectivity index (χ0) is 57.1. The number of hydrogen-bond donors (Lipinski definition) is 0. The molecule has 0 aliphatic rings. The SMILES string of the molecule is CCCCCCC/C=C\C/C=C\C/C=C\CCCCCCCCCCCCCCCCC(=O)OCC(COC(=O)CCCCCCCCCCC)OC(=O)CCCCCCCCCCCCC/C=C\CCCCCCCCCC. The molecule has 6 nitrogen and oxygen atoms in total. The van der Waals surface area contributed by atoms with Crippen LogP contribution < -0.4 is 0 Å². The fourth-order valence-corrected chi connectivity index (χ4v) is 10.5. The molecule has 0 amide bonds. The van der Waals surface area contributed by atoms with Gasteiger partial charge in [-0.2, -0.15) is 0 Å². The maximum atomic E-state index is 12.9. The molecule has 0 bridgehead atoms. The van der Waals surface area contributed by atoms with Crippen LogP contribution in [0.1, 0.15) is 380 Å². The van der Waals surface area contributed by atoms with E-state index in [1.807, 2.05) is 0 Å². The fourth-order valence-electron chi connectivity index (χ4n) is 10.5. The van der Waals surface area contributed by atoms with E-state index in [1.165, 1.54) is 270 Å². The molecule has 79 heavy (non-hydrogen) atoms. The number of hydrogen-bond acceptors (Lipinski definition) is 6. The van der Waals surface area contributed by atoms with E-state index >= 15 is 0 Å². The molecule has 0 aromatic rings. The molecule has 0 radical (unpaired) electrons. The second-order valence-electron chi connectivity index (χ2n) is 23.8. The molecule has 0 spiro atoms. The van der Waals surface area contributed by atoms with Gasteiger partial charge in [0.1, 0.15) is 13.2 Å². The highest BCUT2D eigenvalue weighted by Crippen LogP contribution is 2.18. The van der Waals surface area contributed by atoms with Crippen molar-refractivity contribution in [1.29, 1.82) is 0 Å². The molecule has 0 rings (SSSR count). The third-order valence-electron chi connectivity index (χ3n) is 15.8. The minimum atomic E-state index is -0.771. The summed E-state index contributed by atoms with van der Waals surface area (Å²) in [7, 11) is 0. The Bertz CT molecular complexity index is 1360. The van der Waals surface area contributed by atoms with Crippen molar-refractivity contribution < 1.29 is 28.6 Å². The maximum Gasteiger partial charge on any atom is 0.306 e. The van der Waals surface area contributed by atoms with E-state index in [1.54, 1.807) is 0 Å². The van der Waals surface area contributed by atoms with Gasteiger partial charge in [0.15, 0.2) is 6.10 Å². The molecule has 0 N–H and O–H groups in total. The highest BCUT2D eigenvalue weighted by atomic mass is 16.6. The van der Waals surface area contributed by atoms with Gasteiger partial charge in [0.05, 0.1) is 0 Å². The van der Waals surface area contributed by atoms with E-state index in [4.69, 9.17) is 14.2 Å². The van der Waals surface area contributed by atoms with Crippen molar-refractivity contribution in [1.82, 2.24) is 0 Å². The van der Waals surface area contributed by atoms with Gasteiger partial charge in [0.2, 0.25) is 0 Å². The van der Waals surface area contributed by atoms with Crippen LogP contribution in [0.5, 0.6) is 0 Å². The Morgan fingerprint density at radius 1 is 0.253 bits per heavy atom. The van der Waals surface area contributed by atoms with Crippen molar-refractivity contribution in [2.75, 3.05) is 13.2 Å². The Kier molecular flexibility index (Phi) is 65.6. The second kappa shape index (κ2) is 67.9. The Hall–Kier alpha value is -2.63. The molecule has 0 aromatic heterocycles. The number of esters is 3. The molecule has 1 unspecified atom stereocenters. The minimum absolute atomic E-state index is 0.0689. The number of carbonyl (C=O) groups excluding carboxylic acids is 3. The molecule has 0 saturated carbocycles. The standard InChI is InChI=1S/C73H134O6/c1-4-7-10-13-16-19-21-23-25-27-29-31-33-34-35-36-37-38-40-41-43-45-47-49-51-54-57-60-63-66-72(75)78-69-70(68-77-71(74)65-62-59-56-53-18-15-12-9-6-3)79-73(76)67-64-61-58-55-52-50-48-46-44-42-39-32-30-28-26-24-22-20-17-14-11-8-5-2/h21,23,27-30,33-34,70H,4-20,22,24-26,31-32,35-69H2,1-3H3/b23-21-,29-27-,30-28-,34-33-. The van der Waals surface area contributed by atoms with Crippen molar-refractivity contribution in [2.45, 2.75) is 386 Å². The molecule has 0 fully saturated rings. The predicted octanol–water partition coefficient (Wildman–Crippen LogP) is 24.1. The zero-order valence-electron chi connectivity index (χ0n) is 53.2. The van der Waals surface area contributed by atoms with Gasteiger partial charge in [-0.1, -0.05) is 326 Å². The van der Waals surface area contributed by atoms with Gasteiger partial charge in [0, 0.05) is 19.3 Å². The van der Waals surface area contributed by atoms with Crippen molar-refractivity contribution in [3.8, 4) is 0 Å². The molecule has 0 aromatic carbocycles. The highest BCUT2D eigenvalue weighted by Gasteiger charge is 2.19. The highest BCUT2D eigenvalue weighted by molar-refractivity contribution is 5.71. The summed E-state index contributed by atoms with van der Waals surface area (Å²) in [5, 5.41) is 0. The molecule has 0 heterocycles. The van der Waals surface area contributed by atoms with Crippen LogP contribution in [0.2, 0.25) is 0 Å². The van der Waals surface area contributed by atoms with Crippen LogP contribution in [0.15, 0.2) is 48.6 Å². The van der Waals surface area contributed by atoms with Crippen molar-refractivity contribution in [2.24, 2.45) is 0 Å². The largest absolute Gasteiger partial charge is 0.462 e. The van der Waals surface area contributed by atoms with Crippen LogP contribution in [0.25, 0.3) is 0 Å². The van der Waals surface area contributed by atoms with Crippen molar-refractivity contribution in [3.63, 3.8) is 0 Å². The first-order valence-electron chi connectivity index (χ1n) is 35.1. The molecule has 0 saturated heterocycles. The van der Waals surface area contributed by atoms with Crippen LogP contribution in [0, 0.1) is 0 Å². The van der Waals surface area contributed by atoms with E-state index in [2.05, 4.69) is 69.4 Å². The maximum absolute atomic E-state index is 12.9. The number of rotatable bonds is 65. The Balaban J connectivity index is 4.12. The Labute approximate surface area is 492 Å². The smallest absolute Gasteiger partial charge is 0.306 e. The van der Waals surface area contributed by atoms with Crippen LogP contribution in [0.3, 0.4) is 0 Å². The first kappa shape index (κ1) is 76.4. The third-order valence-corrected chi connectivity index (χ3v) is 15.8. The lowest BCUT2D eigenvalue weighted by Gasteiger charge is -2.18. The summed E-state index contributed by atoms with van der Waals surface area (Å²) in [4.78, 5) is 38.3. The summed E-state index contributed by atoms with van der Waals surface area (Å²) in [5.41, 5.74) is 0. The first-order chi connectivity index (χ1) is 39.0. The number of ether oxygens (including phenoxy) is 3. The predicted molar refractivity (Wildman–Crippen MR) is 344 cm³/mol. The van der Waals surface area contributed by atoms with Gasteiger partial charge in [-0.15, -0.1) is 0 Å². The molecule has 1 atom stereocenters. The van der Waals surface area contributed by atoms with Gasteiger partial charge in [-0.05, 0) is 83.5 Å². The fraction of sp³-hybridized carbons (Fsp3) is 0.849. The summed E-state index contributed by atoms with van der Waals surface area (Å²) in [6.45, 7) is 6.67. The molecular weight excluding hydrogens is 973 g/mol. The lowest BCUT2D eigenvalue weighted by Crippen LogP contribution is -2.30. The lowest BCUT2D eigenvalue weighted by atomic mass is 10.0. The van der Waals surface area contributed by atoms with Crippen LogP contribution in [0.4, 0.5) is 0 Å². The van der Waals surface area contributed by atoms with Crippen LogP contribution in [-0.2, 0) is 28.6 Å². The molecule has 6 heteroatoms. The van der Waals surface area contributed by atoms with Crippen LogP contribution in [-0.4, -0.2) is 37.2 Å².